The first-order chi connectivity index (χ1) is 8.58. The van der Waals surface area contributed by atoms with Gasteiger partial charge in [-0.15, -0.1) is 0 Å². The van der Waals surface area contributed by atoms with Crippen LogP contribution in [0.2, 0.25) is 0 Å². The van der Waals surface area contributed by atoms with Crippen LogP contribution in [0.25, 0.3) is 0 Å². The van der Waals surface area contributed by atoms with Crippen molar-refractivity contribution in [3.63, 3.8) is 0 Å². The van der Waals surface area contributed by atoms with E-state index in [1.54, 1.807) is 12.1 Å². The number of anilines is 1. The number of nitrogens with two attached hydrogens (primary N) is 1. The lowest BCUT2D eigenvalue weighted by molar-refractivity contribution is 0.303. The lowest BCUT2D eigenvalue weighted by Crippen LogP contribution is -2.00. The van der Waals surface area contributed by atoms with Crippen molar-refractivity contribution in [3.05, 3.63) is 57.8 Å². The third-order valence-corrected chi connectivity index (χ3v) is 3.53. The average molecular weight is 310 g/mol. The van der Waals surface area contributed by atoms with Crippen LogP contribution in [0, 0.1) is 12.7 Å². The van der Waals surface area contributed by atoms with Crippen LogP contribution >= 0.6 is 15.9 Å². The van der Waals surface area contributed by atoms with Gasteiger partial charge in [0, 0.05) is 5.69 Å². The summed E-state index contributed by atoms with van der Waals surface area (Å²) >= 11 is 3.37. The van der Waals surface area contributed by atoms with E-state index >= 15 is 0 Å². The number of benzene rings is 2. The van der Waals surface area contributed by atoms with Crippen molar-refractivity contribution in [3.8, 4) is 5.75 Å². The number of aryl methyl sites for hydroxylation is 1. The molecular weight excluding hydrogens is 297 g/mol. The Hall–Kier alpha value is -1.55. The van der Waals surface area contributed by atoms with Crippen molar-refractivity contribution in [2.45, 2.75) is 13.5 Å². The maximum absolute atomic E-state index is 13.0. The Balaban J connectivity index is 2.14. The smallest absolute Gasteiger partial charge is 0.136 e. The number of ether oxygens (including phenoxy) is 1. The van der Waals surface area contributed by atoms with Crippen molar-refractivity contribution in [2.24, 2.45) is 0 Å². The molecule has 0 heterocycles. The van der Waals surface area contributed by atoms with E-state index in [2.05, 4.69) is 15.9 Å². The molecule has 2 N–H and O–H groups in total. The monoisotopic (exact) mass is 309 g/mol. The quantitative estimate of drug-likeness (QED) is 0.868. The van der Waals surface area contributed by atoms with Crippen LogP contribution in [0.1, 0.15) is 11.1 Å². The average Bonchev–Trinajstić information content (AvgIpc) is 2.33. The summed E-state index contributed by atoms with van der Waals surface area (Å²) < 4.78 is 19.4. The normalized spacial score (nSPS) is 10.4. The van der Waals surface area contributed by atoms with Gasteiger partial charge in [0.25, 0.3) is 0 Å². The van der Waals surface area contributed by atoms with Gasteiger partial charge in [-0.05, 0) is 58.2 Å². The summed E-state index contributed by atoms with van der Waals surface area (Å²) in [5.74, 6) is 0.445. The molecule has 0 atom stereocenters. The second-order valence-electron chi connectivity index (χ2n) is 4.02. The lowest BCUT2D eigenvalue weighted by atomic mass is 10.1. The number of hydrogen-bond acceptors (Lipinski definition) is 2. The summed E-state index contributed by atoms with van der Waals surface area (Å²) in [7, 11) is 0. The van der Waals surface area contributed by atoms with E-state index in [1.807, 2.05) is 19.1 Å². The number of nitrogen functional groups attached to an aromatic ring is 1. The number of hydrogen-bond donors (Lipinski definition) is 1. The molecule has 2 aromatic carbocycles. The van der Waals surface area contributed by atoms with Crippen LogP contribution in [-0.2, 0) is 6.61 Å². The van der Waals surface area contributed by atoms with E-state index in [9.17, 15) is 4.39 Å². The van der Waals surface area contributed by atoms with Gasteiger partial charge < -0.3 is 10.5 Å². The molecule has 0 aliphatic heterocycles. The van der Waals surface area contributed by atoms with Crippen LogP contribution in [0.15, 0.2) is 40.9 Å². The standard InChI is InChI=1S/C14H13BrFNO/c1-9-7-11(16)6-5-10(9)8-18-13-4-2-3-12(17)14(13)15/h2-7H,8,17H2,1H3. The summed E-state index contributed by atoms with van der Waals surface area (Å²) in [4.78, 5) is 0. The fourth-order valence-electron chi connectivity index (χ4n) is 1.62. The minimum atomic E-state index is -0.235. The fourth-order valence-corrected chi connectivity index (χ4v) is 1.99. The molecule has 0 aliphatic rings. The van der Waals surface area contributed by atoms with Crippen molar-refractivity contribution < 1.29 is 9.13 Å². The molecule has 0 bridgehead atoms. The summed E-state index contributed by atoms with van der Waals surface area (Å²) in [6.07, 6.45) is 0. The van der Waals surface area contributed by atoms with Crippen LogP contribution in [0.5, 0.6) is 5.75 Å². The molecule has 0 radical (unpaired) electrons. The highest BCUT2D eigenvalue weighted by molar-refractivity contribution is 9.10. The Morgan fingerprint density at radius 1 is 1.28 bits per heavy atom. The maximum Gasteiger partial charge on any atom is 0.136 e. The predicted molar refractivity (Wildman–Crippen MR) is 74.0 cm³/mol. The highest BCUT2D eigenvalue weighted by Crippen LogP contribution is 2.30. The Labute approximate surface area is 114 Å². The maximum atomic E-state index is 13.0. The minimum Gasteiger partial charge on any atom is -0.488 e. The second kappa shape index (κ2) is 5.40. The van der Waals surface area contributed by atoms with Gasteiger partial charge in [-0.3, -0.25) is 0 Å². The molecule has 0 saturated heterocycles. The van der Waals surface area contributed by atoms with E-state index in [0.717, 1.165) is 15.6 Å². The topological polar surface area (TPSA) is 35.2 Å². The molecule has 0 amide bonds. The van der Waals surface area contributed by atoms with Crippen LogP contribution in [0.4, 0.5) is 10.1 Å². The first-order valence-electron chi connectivity index (χ1n) is 5.50. The van der Waals surface area contributed by atoms with Gasteiger partial charge in [-0.2, -0.15) is 0 Å². The van der Waals surface area contributed by atoms with Gasteiger partial charge in [-0.1, -0.05) is 12.1 Å². The van der Waals surface area contributed by atoms with Gasteiger partial charge in [0.1, 0.15) is 18.2 Å². The minimum absolute atomic E-state index is 0.235. The first-order valence-corrected chi connectivity index (χ1v) is 6.29. The second-order valence-corrected chi connectivity index (χ2v) is 4.81. The van der Waals surface area contributed by atoms with Crippen molar-refractivity contribution in [1.29, 1.82) is 0 Å². The van der Waals surface area contributed by atoms with Crippen LogP contribution in [-0.4, -0.2) is 0 Å². The molecule has 2 rings (SSSR count). The molecule has 18 heavy (non-hydrogen) atoms. The zero-order valence-electron chi connectivity index (χ0n) is 9.91. The lowest BCUT2D eigenvalue weighted by Gasteiger charge is -2.11. The third-order valence-electron chi connectivity index (χ3n) is 2.68. The molecule has 0 spiro atoms. The molecule has 0 aliphatic carbocycles. The molecule has 2 nitrogen and oxygen atoms in total. The van der Waals surface area contributed by atoms with E-state index in [4.69, 9.17) is 10.5 Å². The Morgan fingerprint density at radius 2 is 2.06 bits per heavy atom. The molecular formula is C14H13BrFNO. The van der Waals surface area contributed by atoms with Gasteiger partial charge >= 0.3 is 0 Å². The van der Waals surface area contributed by atoms with E-state index in [0.29, 0.717) is 18.0 Å². The van der Waals surface area contributed by atoms with E-state index in [1.165, 1.54) is 12.1 Å². The molecule has 94 valence electrons. The number of rotatable bonds is 3. The summed E-state index contributed by atoms with van der Waals surface area (Å²) in [6, 6.07) is 10.1. The zero-order chi connectivity index (χ0) is 13.1. The first kappa shape index (κ1) is 12.9. The molecule has 0 aromatic heterocycles. The highest BCUT2D eigenvalue weighted by atomic mass is 79.9. The zero-order valence-corrected chi connectivity index (χ0v) is 11.5. The summed E-state index contributed by atoms with van der Waals surface area (Å²) in [5.41, 5.74) is 8.21. The Bertz CT molecular complexity index is 572. The largest absolute Gasteiger partial charge is 0.488 e. The highest BCUT2D eigenvalue weighted by Gasteiger charge is 2.06. The number of halogens is 2. The Kier molecular flexibility index (Phi) is 3.87. The molecule has 2 aromatic rings. The van der Waals surface area contributed by atoms with Crippen molar-refractivity contribution >= 4 is 21.6 Å². The summed E-state index contributed by atoms with van der Waals surface area (Å²) in [6.45, 7) is 2.24. The third kappa shape index (κ3) is 2.82. The van der Waals surface area contributed by atoms with Gasteiger partial charge in [-0.25, -0.2) is 4.39 Å². The van der Waals surface area contributed by atoms with Gasteiger partial charge in [0.15, 0.2) is 0 Å². The van der Waals surface area contributed by atoms with E-state index < -0.39 is 0 Å². The molecule has 4 heteroatoms. The van der Waals surface area contributed by atoms with Gasteiger partial charge in [0.2, 0.25) is 0 Å². The van der Waals surface area contributed by atoms with Crippen molar-refractivity contribution in [2.75, 3.05) is 5.73 Å². The SMILES string of the molecule is Cc1cc(F)ccc1COc1cccc(N)c1Br. The van der Waals surface area contributed by atoms with Crippen molar-refractivity contribution in [1.82, 2.24) is 0 Å². The fraction of sp³-hybridized carbons (Fsp3) is 0.143. The Morgan fingerprint density at radius 3 is 2.78 bits per heavy atom. The molecule has 0 fully saturated rings. The van der Waals surface area contributed by atoms with Crippen LogP contribution < -0.4 is 10.5 Å². The van der Waals surface area contributed by atoms with E-state index in [-0.39, 0.29) is 5.82 Å². The molecule has 0 saturated carbocycles. The summed E-state index contributed by atoms with van der Waals surface area (Å²) in [5, 5.41) is 0. The van der Waals surface area contributed by atoms with Gasteiger partial charge in [0.05, 0.1) is 4.47 Å². The van der Waals surface area contributed by atoms with Crippen LogP contribution in [0.3, 0.4) is 0 Å². The predicted octanol–water partition coefficient (Wildman–Crippen LogP) is 4.06. The molecule has 0 unspecified atom stereocenters.